The predicted octanol–water partition coefficient (Wildman–Crippen LogP) is 2.25. The Morgan fingerprint density at radius 1 is 1.53 bits per heavy atom. The predicted molar refractivity (Wildman–Crippen MR) is 73.7 cm³/mol. The third-order valence-electron chi connectivity index (χ3n) is 3.80. The fraction of sp³-hybridized carbons (Fsp3) is 0.533. The van der Waals surface area contributed by atoms with Crippen molar-refractivity contribution in [3.05, 3.63) is 35.1 Å². The summed E-state index contributed by atoms with van der Waals surface area (Å²) in [7, 11) is 0. The van der Waals surface area contributed by atoms with Crippen molar-refractivity contribution in [2.24, 2.45) is 5.41 Å². The maximum absolute atomic E-state index is 13.4. The molecule has 0 radical (unpaired) electrons. The smallest absolute Gasteiger partial charge is 0.251 e. The summed E-state index contributed by atoms with van der Waals surface area (Å²) in [6, 6.07) is 4.59. The number of halogens is 1. The van der Waals surface area contributed by atoms with E-state index in [9.17, 15) is 9.18 Å². The molecule has 2 N–H and O–H groups in total. The number of rotatable bonds is 3. The molecule has 1 amide bonds. The van der Waals surface area contributed by atoms with E-state index >= 15 is 0 Å². The minimum atomic E-state index is -0.335. The van der Waals surface area contributed by atoms with Crippen LogP contribution in [-0.2, 0) is 0 Å². The van der Waals surface area contributed by atoms with Crippen molar-refractivity contribution in [1.29, 1.82) is 0 Å². The Morgan fingerprint density at radius 2 is 2.32 bits per heavy atom. The Balaban J connectivity index is 1.95. The van der Waals surface area contributed by atoms with Crippen molar-refractivity contribution in [1.82, 2.24) is 10.6 Å². The van der Waals surface area contributed by atoms with Crippen molar-refractivity contribution in [3.63, 3.8) is 0 Å². The zero-order chi connectivity index (χ0) is 13.9. The molecule has 0 saturated carbocycles. The lowest BCUT2D eigenvalue weighted by Crippen LogP contribution is -2.45. The highest BCUT2D eigenvalue weighted by molar-refractivity contribution is 5.94. The molecule has 19 heavy (non-hydrogen) atoms. The van der Waals surface area contributed by atoms with E-state index in [0.29, 0.717) is 17.7 Å². The number of piperidine rings is 1. The molecule has 0 bridgehead atoms. The summed E-state index contributed by atoms with van der Waals surface area (Å²) >= 11 is 0. The van der Waals surface area contributed by atoms with E-state index < -0.39 is 0 Å². The fourth-order valence-electron chi connectivity index (χ4n) is 2.40. The Morgan fingerprint density at radius 3 is 2.95 bits per heavy atom. The highest BCUT2D eigenvalue weighted by Gasteiger charge is 2.27. The van der Waals surface area contributed by atoms with E-state index in [1.807, 2.05) is 0 Å². The van der Waals surface area contributed by atoms with Crippen LogP contribution in [0.15, 0.2) is 18.2 Å². The van der Waals surface area contributed by atoms with Gasteiger partial charge in [0.2, 0.25) is 0 Å². The van der Waals surface area contributed by atoms with Crippen LogP contribution >= 0.6 is 0 Å². The van der Waals surface area contributed by atoms with Gasteiger partial charge >= 0.3 is 0 Å². The molecule has 104 valence electrons. The van der Waals surface area contributed by atoms with Gasteiger partial charge in [-0.25, -0.2) is 4.39 Å². The Bertz CT molecular complexity index is 467. The molecule has 1 aliphatic heterocycles. The maximum atomic E-state index is 13.4. The minimum Gasteiger partial charge on any atom is -0.351 e. The number of carbonyl (C=O) groups excluding carboxylic acids is 1. The number of amides is 1. The van der Waals surface area contributed by atoms with Crippen LogP contribution in [-0.4, -0.2) is 25.5 Å². The molecule has 4 heteroatoms. The van der Waals surface area contributed by atoms with E-state index in [2.05, 4.69) is 17.6 Å². The first kappa shape index (κ1) is 14.0. The molecular formula is C15H21FN2O. The zero-order valence-corrected chi connectivity index (χ0v) is 11.6. The Kier molecular flexibility index (Phi) is 4.20. The van der Waals surface area contributed by atoms with Gasteiger partial charge in [0.05, 0.1) is 0 Å². The van der Waals surface area contributed by atoms with E-state index in [1.165, 1.54) is 6.07 Å². The van der Waals surface area contributed by atoms with Gasteiger partial charge in [0, 0.05) is 18.7 Å². The van der Waals surface area contributed by atoms with Gasteiger partial charge in [-0.05, 0) is 49.4 Å². The van der Waals surface area contributed by atoms with Gasteiger partial charge in [0.25, 0.3) is 5.91 Å². The molecular weight excluding hydrogens is 243 g/mol. The molecule has 1 saturated heterocycles. The van der Waals surface area contributed by atoms with Crippen LogP contribution in [0.25, 0.3) is 0 Å². The molecule has 1 aliphatic rings. The van der Waals surface area contributed by atoms with Crippen LogP contribution in [0.1, 0.15) is 35.7 Å². The van der Waals surface area contributed by atoms with Crippen LogP contribution in [0.3, 0.4) is 0 Å². The lowest BCUT2D eigenvalue weighted by atomic mass is 9.83. The Labute approximate surface area is 113 Å². The number of hydrogen-bond acceptors (Lipinski definition) is 2. The highest BCUT2D eigenvalue weighted by Crippen LogP contribution is 2.24. The average molecular weight is 264 g/mol. The third-order valence-corrected chi connectivity index (χ3v) is 3.80. The zero-order valence-electron chi connectivity index (χ0n) is 11.6. The summed E-state index contributed by atoms with van der Waals surface area (Å²) in [4.78, 5) is 12.0. The van der Waals surface area contributed by atoms with Crippen molar-refractivity contribution >= 4 is 5.91 Å². The van der Waals surface area contributed by atoms with Gasteiger partial charge in [0.1, 0.15) is 5.82 Å². The van der Waals surface area contributed by atoms with Gasteiger partial charge in [-0.3, -0.25) is 4.79 Å². The van der Waals surface area contributed by atoms with Gasteiger partial charge in [-0.15, -0.1) is 0 Å². The summed E-state index contributed by atoms with van der Waals surface area (Å²) < 4.78 is 13.4. The monoisotopic (exact) mass is 264 g/mol. The second-order valence-corrected chi connectivity index (χ2v) is 5.74. The number of aryl methyl sites for hydroxylation is 1. The van der Waals surface area contributed by atoms with E-state index in [1.54, 1.807) is 19.1 Å². The molecule has 1 aromatic carbocycles. The topological polar surface area (TPSA) is 41.1 Å². The standard InChI is InChI=1S/C15H21FN2O/c1-11-4-5-12(8-13(11)16)14(19)18-10-15(2)6-3-7-17-9-15/h4-5,8,17H,3,6-7,9-10H2,1-2H3,(H,18,19). The summed E-state index contributed by atoms with van der Waals surface area (Å²) in [5, 5.41) is 6.25. The summed E-state index contributed by atoms with van der Waals surface area (Å²) in [5.74, 6) is -0.538. The molecule has 1 atom stereocenters. The average Bonchev–Trinajstić information content (AvgIpc) is 2.40. The van der Waals surface area contributed by atoms with Crippen molar-refractivity contribution in [3.8, 4) is 0 Å². The first-order valence-electron chi connectivity index (χ1n) is 6.75. The number of nitrogens with one attached hydrogen (secondary N) is 2. The molecule has 1 unspecified atom stereocenters. The third kappa shape index (κ3) is 3.53. The van der Waals surface area contributed by atoms with Crippen LogP contribution in [0.5, 0.6) is 0 Å². The number of benzene rings is 1. The summed E-state index contributed by atoms with van der Waals surface area (Å²) in [5.41, 5.74) is 1.03. The molecule has 3 nitrogen and oxygen atoms in total. The molecule has 0 aliphatic carbocycles. The minimum absolute atomic E-state index is 0.0944. The van der Waals surface area contributed by atoms with E-state index in [-0.39, 0.29) is 17.1 Å². The maximum Gasteiger partial charge on any atom is 0.251 e. The molecule has 1 fully saturated rings. The molecule has 2 rings (SSSR count). The number of carbonyl (C=O) groups is 1. The van der Waals surface area contributed by atoms with Gasteiger partial charge in [-0.2, -0.15) is 0 Å². The first-order valence-corrected chi connectivity index (χ1v) is 6.75. The lowest BCUT2D eigenvalue weighted by Gasteiger charge is -2.34. The fourth-order valence-corrected chi connectivity index (χ4v) is 2.40. The van der Waals surface area contributed by atoms with Crippen LogP contribution < -0.4 is 10.6 Å². The van der Waals surface area contributed by atoms with E-state index in [0.717, 1.165) is 25.9 Å². The molecule has 0 aromatic heterocycles. The second-order valence-electron chi connectivity index (χ2n) is 5.74. The van der Waals surface area contributed by atoms with Gasteiger partial charge in [0.15, 0.2) is 0 Å². The second kappa shape index (κ2) is 5.70. The lowest BCUT2D eigenvalue weighted by molar-refractivity contribution is 0.0924. The van der Waals surface area contributed by atoms with Crippen LogP contribution in [0.4, 0.5) is 4.39 Å². The molecule has 1 heterocycles. The quantitative estimate of drug-likeness (QED) is 0.879. The highest BCUT2D eigenvalue weighted by atomic mass is 19.1. The van der Waals surface area contributed by atoms with Crippen molar-refractivity contribution in [2.45, 2.75) is 26.7 Å². The summed E-state index contributed by atoms with van der Waals surface area (Å²) in [6.45, 7) is 6.43. The van der Waals surface area contributed by atoms with Crippen LogP contribution in [0.2, 0.25) is 0 Å². The van der Waals surface area contributed by atoms with Gasteiger partial charge in [-0.1, -0.05) is 13.0 Å². The van der Waals surface area contributed by atoms with Crippen molar-refractivity contribution in [2.75, 3.05) is 19.6 Å². The number of hydrogen-bond donors (Lipinski definition) is 2. The summed E-state index contributed by atoms with van der Waals surface area (Å²) in [6.07, 6.45) is 2.23. The SMILES string of the molecule is Cc1ccc(C(=O)NCC2(C)CCCNC2)cc1F. The normalized spacial score (nSPS) is 23.1. The van der Waals surface area contributed by atoms with Crippen LogP contribution in [0, 0.1) is 18.2 Å². The van der Waals surface area contributed by atoms with E-state index in [4.69, 9.17) is 0 Å². The molecule has 1 aromatic rings. The largest absolute Gasteiger partial charge is 0.351 e. The first-order chi connectivity index (χ1) is 9.00. The van der Waals surface area contributed by atoms with Crippen molar-refractivity contribution < 1.29 is 9.18 Å². The Hall–Kier alpha value is -1.42. The van der Waals surface area contributed by atoms with Gasteiger partial charge < -0.3 is 10.6 Å². The molecule has 0 spiro atoms.